The molecule has 35 heavy (non-hydrogen) atoms. The third-order valence-corrected chi connectivity index (χ3v) is 7.89. The molecular weight excluding hydrogens is 426 g/mol. The van der Waals surface area contributed by atoms with Crippen LogP contribution in [0.1, 0.15) is 47.2 Å². The van der Waals surface area contributed by atoms with Gasteiger partial charge in [-0.05, 0) is 46.0 Å². The van der Waals surface area contributed by atoms with Gasteiger partial charge in [0.25, 0.3) is 0 Å². The maximum atomic E-state index is 6.52. The number of aromatic nitrogens is 1. The van der Waals surface area contributed by atoms with Crippen molar-refractivity contribution in [2.24, 2.45) is 0 Å². The minimum atomic E-state index is -0.515. The van der Waals surface area contributed by atoms with Gasteiger partial charge in [0.05, 0.1) is 5.41 Å². The van der Waals surface area contributed by atoms with E-state index in [1.807, 2.05) is 18.5 Å². The van der Waals surface area contributed by atoms with Gasteiger partial charge in [-0.15, -0.1) is 0 Å². The normalized spacial score (nSPS) is 15.8. The minimum absolute atomic E-state index is 0.169. The SMILES string of the molecule is CC1(C)c2ccccc2C2(c3ccccc3Oc3ccccc32)c2c(-c3cccnc3)cccc21. The van der Waals surface area contributed by atoms with Crippen LogP contribution in [-0.2, 0) is 10.8 Å². The van der Waals surface area contributed by atoms with Crippen molar-refractivity contribution < 1.29 is 4.74 Å². The van der Waals surface area contributed by atoms with Gasteiger partial charge in [0.15, 0.2) is 0 Å². The van der Waals surface area contributed by atoms with Crippen LogP contribution in [0.15, 0.2) is 116 Å². The van der Waals surface area contributed by atoms with E-state index in [0.717, 1.165) is 17.1 Å². The molecule has 0 saturated carbocycles. The molecule has 2 nitrogen and oxygen atoms in total. The van der Waals surface area contributed by atoms with Crippen molar-refractivity contribution in [2.45, 2.75) is 24.7 Å². The zero-order valence-electron chi connectivity index (χ0n) is 19.8. The molecule has 0 unspecified atom stereocenters. The molecule has 0 radical (unpaired) electrons. The van der Waals surface area contributed by atoms with E-state index in [4.69, 9.17) is 4.74 Å². The minimum Gasteiger partial charge on any atom is -0.457 e. The van der Waals surface area contributed by atoms with E-state index in [-0.39, 0.29) is 5.41 Å². The molecule has 1 aromatic heterocycles. The zero-order valence-corrected chi connectivity index (χ0v) is 19.8. The first-order chi connectivity index (χ1) is 17.1. The molecule has 168 valence electrons. The number of hydrogen-bond donors (Lipinski definition) is 0. The van der Waals surface area contributed by atoms with Gasteiger partial charge in [0.1, 0.15) is 11.5 Å². The first-order valence-electron chi connectivity index (χ1n) is 12.1. The van der Waals surface area contributed by atoms with Crippen molar-refractivity contribution >= 4 is 0 Å². The van der Waals surface area contributed by atoms with Gasteiger partial charge in [-0.2, -0.15) is 0 Å². The molecule has 2 aliphatic rings. The summed E-state index contributed by atoms with van der Waals surface area (Å²) in [6.45, 7) is 4.70. The topological polar surface area (TPSA) is 22.1 Å². The Morgan fingerprint density at radius 2 is 1.17 bits per heavy atom. The van der Waals surface area contributed by atoms with E-state index in [9.17, 15) is 0 Å². The molecule has 0 amide bonds. The number of ether oxygens (including phenoxy) is 1. The molecule has 1 aliphatic carbocycles. The van der Waals surface area contributed by atoms with Crippen LogP contribution >= 0.6 is 0 Å². The van der Waals surface area contributed by atoms with E-state index >= 15 is 0 Å². The molecule has 0 bridgehead atoms. The molecule has 5 aromatic rings. The lowest BCUT2D eigenvalue weighted by atomic mass is 9.52. The molecule has 0 atom stereocenters. The summed E-state index contributed by atoms with van der Waals surface area (Å²) in [5.74, 6) is 1.82. The van der Waals surface area contributed by atoms with Crippen LogP contribution in [0.5, 0.6) is 11.5 Å². The second-order valence-corrected chi connectivity index (χ2v) is 9.98. The Morgan fingerprint density at radius 3 is 1.83 bits per heavy atom. The van der Waals surface area contributed by atoms with Gasteiger partial charge in [-0.25, -0.2) is 0 Å². The zero-order chi connectivity index (χ0) is 23.6. The Bertz CT molecular complexity index is 1550. The molecule has 1 aliphatic heterocycles. The van der Waals surface area contributed by atoms with Crippen molar-refractivity contribution in [3.05, 3.63) is 149 Å². The fourth-order valence-electron chi connectivity index (χ4n) is 6.43. The smallest absolute Gasteiger partial charge is 0.132 e. The Balaban J connectivity index is 1.75. The first kappa shape index (κ1) is 20.2. The van der Waals surface area contributed by atoms with Crippen molar-refractivity contribution in [2.75, 3.05) is 0 Å². The molecule has 7 rings (SSSR count). The van der Waals surface area contributed by atoms with Gasteiger partial charge in [0.2, 0.25) is 0 Å². The van der Waals surface area contributed by atoms with Gasteiger partial charge in [0, 0.05) is 34.5 Å². The first-order valence-corrected chi connectivity index (χ1v) is 12.1. The van der Waals surface area contributed by atoms with Gasteiger partial charge in [-0.1, -0.05) is 98.8 Å². The molecule has 0 N–H and O–H groups in total. The highest BCUT2D eigenvalue weighted by Gasteiger charge is 2.53. The molecule has 0 saturated heterocycles. The fraction of sp³-hybridized carbons (Fsp3) is 0.121. The molecule has 1 spiro atoms. The van der Waals surface area contributed by atoms with E-state index in [1.54, 1.807) is 0 Å². The Kier molecular flexibility index (Phi) is 4.14. The summed E-state index contributed by atoms with van der Waals surface area (Å²) < 4.78 is 6.52. The van der Waals surface area contributed by atoms with E-state index < -0.39 is 5.41 Å². The average molecular weight is 452 g/mol. The Hall–Kier alpha value is -4.17. The van der Waals surface area contributed by atoms with Crippen LogP contribution in [0.2, 0.25) is 0 Å². The number of nitrogens with zero attached hydrogens (tertiary/aromatic N) is 1. The lowest BCUT2D eigenvalue weighted by Crippen LogP contribution is -2.43. The largest absolute Gasteiger partial charge is 0.457 e. The summed E-state index contributed by atoms with van der Waals surface area (Å²) in [6.07, 6.45) is 3.82. The van der Waals surface area contributed by atoms with Gasteiger partial charge in [-0.3, -0.25) is 4.98 Å². The number of hydrogen-bond acceptors (Lipinski definition) is 2. The fourth-order valence-corrected chi connectivity index (χ4v) is 6.43. The summed E-state index contributed by atoms with van der Waals surface area (Å²) >= 11 is 0. The van der Waals surface area contributed by atoms with Gasteiger partial charge >= 0.3 is 0 Å². The monoisotopic (exact) mass is 451 g/mol. The predicted octanol–water partition coefficient (Wildman–Crippen LogP) is 7.88. The van der Waals surface area contributed by atoms with Crippen LogP contribution in [0, 0.1) is 0 Å². The summed E-state index contributed by atoms with van der Waals surface area (Å²) in [5, 5.41) is 0. The summed E-state index contributed by atoms with van der Waals surface area (Å²) in [7, 11) is 0. The average Bonchev–Trinajstić information content (AvgIpc) is 2.91. The van der Waals surface area contributed by atoms with Gasteiger partial charge < -0.3 is 4.74 Å². The second kappa shape index (κ2) is 7.16. The lowest BCUT2D eigenvalue weighted by Gasteiger charge is -2.50. The highest BCUT2D eigenvalue weighted by molar-refractivity contribution is 5.82. The maximum Gasteiger partial charge on any atom is 0.132 e. The Morgan fingerprint density at radius 1 is 0.571 bits per heavy atom. The molecule has 4 aromatic carbocycles. The number of pyridine rings is 1. The lowest BCUT2D eigenvalue weighted by molar-refractivity contribution is 0.425. The van der Waals surface area contributed by atoms with E-state index in [1.165, 1.54) is 38.9 Å². The van der Waals surface area contributed by atoms with Crippen LogP contribution in [0.25, 0.3) is 11.1 Å². The number of fused-ring (bicyclic) bond motifs is 8. The predicted molar refractivity (Wildman–Crippen MR) is 140 cm³/mol. The standard InChI is InChI=1S/C33H25NO/c1-32(2)24-13-3-4-14-25(24)33(31-23(12-9-17-28(31)32)22-11-10-20-34-21-22)26-15-5-7-18-29(26)35-30-19-8-6-16-27(30)33/h3-21H,1-2H3. The molecule has 2 heterocycles. The van der Waals surface area contributed by atoms with Crippen LogP contribution in [-0.4, -0.2) is 4.98 Å². The molecular formula is C33H25NO. The highest BCUT2D eigenvalue weighted by Crippen LogP contribution is 2.62. The molecule has 0 fully saturated rings. The van der Waals surface area contributed by atoms with Crippen molar-refractivity contribution in [1.82, 2.24) is 4.98 Å². The number of benzene rings is 4. The van der Waals surface area contributed by atoms with Crippen molar-refractivity contribution in [3.8, 4) is 22.6 Å². The van der Waals surface area contributed by atoms with Crippen LogP contribution in [0.4, 0.5) is 0 Å². The van der Waals surface area contributed by atoms with Crippen molar-refractivity contribution in [3.63, 3.8) is 0 Å². The molecule has 2 heteroatoms. The van der Waals surface area contributed by atoms with E-state index in [0.29, 0.717) is 0 Å². The van der Waals surface area contributed by atoms with E-state index in [2.05, 4.69) is 116 Å². The third kappa shape index (κ3) is 2.57. The summed E-state index contributed by atoms with van der Waals surface area (Å²) in [5.41, 5.74) is 9.34. The highest BCUT2D eigenvalue weighted by atomic mass is 16.5. The Labute approximate surface area is 205 Å². The quantitative estimate of drug-likeness (QED) is 0.254. The second-order valence-electron chi connectivity index (χ2n) is 9.98. The summed E-state index contributed by atoms with van der Waals surface area (Å²) in [6, 6.07) is 37.0. The maximum absolute atomic E-state index is 6.52. The van der Waals surface area contributed by atoms with Crippen LogP contribution < -0.4 is 4.74 Å². The van der Waals surface area contributed by atoms with Crippen LogP contribution in [0.3, 0.4) is 0 Å². The third-order valence-electron chi connectivity index (χ3n) is 7.89. The van der Waals surface area contributed by atoms with Crippen molar-refractivity contribution in [1.29, 1.82) is 0 Å². The number of para-hydroxylation sites is 2. The summed E-state index contributed by atoms with van der Waals surface area (Å²) in [4.78, 5) is 4.49. The number of rotatable bonds is 1.